The highest BCUT2D eigenvalue weighted by Crippen LogP contribution is 2.22. The predicted octanol–water partition coefficient (Wildman–Crippen LogP) is 0.169. The zero-order chi connectivity index (χ0) is 14.0. The molecule has 108 valence electrons. The molecule has 0 aromatic rings. The van der Waals surface area contributed by atoms with Crippen molar-refractivity contribution in [3.63, 3.8) is 0 Å². The molecule has 2 fully saturated rings. The first-order valence-electron chi connectivity index (χ1n) is 6.42. The first-order valence-corrected chi connectivity index (χ1v) is 8.03. The second kappa shape index (κ2) is 5.46. The Labute approximate surface area is 112 Å². The second-order valence-corrected chi connectivity index (χ2v) is 6.88. The maximum absolute atomic E-state index is 12.0. The third-order valence-corrected chi connectivity index (χ3v) is 5.35. The van der Waals surface area contributed by atoms with Crippen LogP contribution in [0.3, 0.4) is 0 Å². The number of hydrogen-bond donors (Lipinski definition) is 0. The number of imide groups is 1. The standard InChI is InChI=1S/C11H18N2O5S/c1-2-3-6-19(16,17)12-5-4-9(7-12)13-10(14)8-18-11(13)15/h9H,2-8H2,1H3. The van der Waals surface area contributed by atoms with Crippen molar-refractivity contribution in [2.45, 2.75) is 32.2 Å². The monoisotopic (exact) mass is 290 g/mol. The summed E-state index contributed by atoms with van der Waals surface area (Å²) < 4.78 is 30.1. The highest BCUT2D eigenvalue weighted by molar-refractivity contribution is 7.89. The highest BCUT2D eigenvalue weighted by atomic mass is 32.2. The topological polar surface area (TPSA) is 84.0 Å². The lowest BCUT2D eigenvalue weighted by Crippen LogP contribution is -2.42. The lowest BCUT2D eigenvalue weighted by atomic mass is 10.2. The molecule has 1 atom stereocenters. The van der Waals surface area contributed by atoms with Gasteiger partial charge >= 0.3 is 6.09 Å². The van der Waals surface area contributed by atoms with Crippen LogP contribution in [0.25, 0.3) is 0 Å². The number of cyclic esters (lactones) is 1. The van der Waals surface area contributed by atoms with Crippen molar-refractivity contribution < 1.29 is 22.7 Å². The van der Waals surface area contributed by atoms with Crippen molar-refractivity contribution in [3.8, 4) is 0 Å². The summed E-state index contributed by atoms with van der Waals surface area (Å²) >= 11 is 0. The van der Waals surface area contributed by atoms with Gasteiger partial charge in [-0.3, -0.25) is 4.79 Å². The number of hydrogen-bond acceptors (Lipinski definition) is 5. The van der Waals surface area contributed by atoms with Crippen LogP contribution in [0.1, 0.15) is 26.2 Å². The Bertz CT molecular complexity index is 459. The van der Waals surface area contributed by atoms with Gasteiger partial charge < -0.3 is 4.74 Å². The minimum absolute atomic E-state index is 0.120. The smallest absolute Gasteiger partial charge is 0.417 e. The molecule has 2 heterocycles. The molecule has 2 rings (SSSR count). The van der Waals surface area contributed by atoms with Crippen molar-refractivity contribution in [2.24, 2.45) is 0 Å². The van der Waals surface area contributed by atoms with Crippen LogP contribution >= 0.6 is 0 Å². The molecule has 7 nitrogen and oxygen atoms in total. The maximum atomic E-state index is 12.0. The van der Waals surface area contributed by atoms with Crippen molar-refractivity contribution in [3.05, 3.63) is 0 Å². The molecule has 0 aromatic carbocycles. The molecule has 19 heavy (non-hydrogen) atoms. The molecule has 2 saturated heterocycles. The molecule has 8 heteroatoms. The van der Waals surface area contributed by atoms with E-state index in [-0.39, 0.29) is 30.9 Å². The molecule has 0 saturated carbocycles. The lowest BCUT2D eigenvalue weighted by Gasteiger charge is -2.20. The number of carbonyl (C=O) groups excluding carboxylic acids is 2. The van der Waals surface area contributed by atoms with E-state index in [1.807, 2.05) is 6.92 Å². The fourth-order valence-electron chi connectivity index (χ4n) is 2.35. The van der Waals surface area contributed by atoms with Crippen LogP contribution in [0.4, 0.5) is 4.79 Å². The van der Waals surface area contributed by atoms with Gasteiger partial charge in [0.25, 0.3) is 5.91 Å². The Morgan fingerprint density at radius 1 is 1.37 bits per heavy atom. The van der Waals surface area contributed by atoms with Crippen molar-refractivity contribution in [1.29, 1.82) is 0 Å². The van der Waals surface area contributed by atoms with Gasteiger partial charge in [0, 0.05) is 13.1 Å². The van der Waals surface area contributed by atoms with Gasteiger partial charge in [-0.2, -0.15) is 4.31 Å². The van der Waals surface area contributed by atoms with Gasteiger partial charge in [-0.1, -0.05) is 13.3 Å². The van der Waals surface area contributed by atoms with E-state index in [4.69, 9.17) is 0 Å². The van der Waals surface area contributed by atoms with Crippen LogP contribution in [-0.2, 0) is 19.6 Å². The molecule has 0 spiro atoms. The summed E-state index contributed by atoms with van der Waals surface area (Å²) in [5.41, 5.74) is 0. The number of unbranched alkanes of at least 4 members (excludes halogenated alkanes) is 1. The van der Waals surface area contributed by atoms with E-state index >= 15 is 0 Å². The Kier molecular flexibility index (Phi) is 4.10. The SMILES string of the molecule is CCCCS(=O)(=O)N1CCC(N2C(=O)COC2=O)C1. The Morgan fingerprint density at radius 2 is 2.11 bits per heavy atom. The Balaban J connectivity index is 2.00. The summed E-state index contributed by atoms with van der Waals surface area (Å²) in [5.74, 6) is -0.267. The molecular weight excluding hydrogens is 272 g/mol. The normalized spacial score (nSPS) is 25.1. The fraction of sp³-hybridized carbons (Fsp3) is 0.818. The van der Waals surface area contributed by atoms with E-state index in [1.54, 1.807) is 0 Å². The molecule has 0 radical (unpaired) electrons. The van der Waals surface area contributed by atoms with Crippen LogP contribution in [0.15, 0.2) is 0 Å². The predicted molar refractivity (Wildman–Crippen MR) is 66.9 cm³/mol. The summed E-state index contributed by atoms with van der Waals surface area (Å²) in [7, 11) is -3.28. The molecule has 2 aliphatic rings. The summed E-state index contributed by atoms with van der Waals surface area (Å²) in [4.78, 5) is 24.0. The molecule has 2 amide bonds. The first-order chi connectivity index (χ1) is 8.95. The second-order valence-electron chi connectivity index (χ2n) is 4.79. The molecule has 0 aliphatic carbocycles. The summed E-state index contributed by atoms with van der Waals surface area (Å²) in [6.45, 7) is 2.24. The third-order valence-electron chi connectivity index (χ3n) is 3.43. The van der Waals surface area contributed by atoms with Crippen LogP contribution in [0.5, 0.6) is 0 Å². The molecule has 1 unspecified atom stereocenters. The van der Waals surface area contributed by atoms with Crippen LogP contribution in [-0.4, -0.2) is 61.1 Å². The van der Waals surface area contributed by atoms with Gasteiger partial charge in [0.1, 0.15) is 0 Å². The van der Waals surface area contributed by atoms with Gasteiger partial charge in [-0.05, 0) is 12.8 Å². The van der Waals surface area contributed by atoms with E-state index < -0.39 is 16.1 Å². The quantitative estimate of drug-likeness (QED) is 0.720. The van der Waals surface area contributed by atoms with Crippen molar-refractivity contribution in [1.82, 2.24) is 9.21 Å². The van der Waals surface area contributed by atoms with Crippen LogP contribution in [0, 0.1) is 0 Å². The van der Waals surface area contributed by atoms with E-state index in [9.17, 15) is 18.0 Å². The van der Waals surface area contributed by atoms with E-state index in [0.29, 0.717) is 19.4 Å². The van der Waals surface area contributed by atoms with Crippen LogP contribution in [0.2, 0.25) is 0 Å². The average Bonchev–Trinajstić information content (AvgIpc) is 2.94. The number of amides is 2. The number of nitrogens with zero attached hydrogens (tertiary/aromatic N) is 2. The van der Waals surface area contributed by atoms with E-state index in [2.05, 4.69) is 4.74 Å². The summed E-state index contributed by atoms with van der Waals surface area (Å²) in [6, 6.07) is -0.390. The number of carbonyl (C=O) groups is 2. The molecule has 2 aliphatic heterocycles. The van der Waals surface area contributed by atoms with Crippen molar-refractivity contribution in [2.75, 3.05) is 25.4 Å². The zero-order valence-corrected chi connectivity index (χ0v) is 11.7. The maximum Gasteiger partial charge on any atom is 0.417 e. The van der Waals surface area contributed by atoms with Gasteiger partial charge in [-0.15, -0.1) is 0 Å². The zero-order valence-electron chi connectivity index (χ0n) is 10.9. The highest BCUT2D eigenvalue weighted by Gasteiger charge is 2.42. The van der Waals surface area contributed by atoms with Gasteiger partial charge in [-0.25, -0.2) is 18.1 Å². The summed E-state index contributed by atoms with van der Waals surface area (Å²) in [6.07, 6.45) is 1.25. The Morgan fingerprint density at radius 3 is 2.68 bits per heavy atom. The minimum atomic E-state index is -3.28. The number of rotatable bonds is 5. The average molecular weight is 290 g/mol. The van der Waals surface area contributed by atoms with E-state index in [1.165, 1.54) is 4.31 Å². The number of sulfonamides is 1. The largest absolute Gasteiger partial charge is 0.439 e. The molecule has 0 N–H and O–H groups in total. The molecule has 0 aromatic heterocycles. The molecular formula is C11H18N2O5S. The van der Waals surface area contributed by atoms with E-state index in [0.717, 1.165) is 11.3 Å². The third kappa shape index (κ3) is 2.89. The first kappa shape index (κ1) is 14.3. The lowest BCUT2D eigenvalue weighted by molar-refractivity contribution is -0.127. The van der Waals surface area contributed by atoms with Gasteiger partial charge in [0.05, 0.1) is 11.8 Å². The summed E-state index contributed by atoms with van der Waals surface area (Å²) in [5, 5.41) is 0. The Hall–Kier alpha value is -1.15. The van der Waals surface area contributed by atoms with Gasteiger partial charge in [0.2, 0.25) is 10.0 Å². The fourth-order valence-corrected chi connectivity index (χ4v) is 4.04. The number of ether oxygens (including phenoxy) is 1. The minimum Gasteiger partial charge on any atom is -0.439 e. The van der Waals surface area contributed by atoms with Crippen molar-refractivity contribution >= 4 is 22.0 Å². The molecule has 0 bridgehead atoms. The van der Waals surface area contributed by atoms with Gasteiger partial charge in [0.15, 0.2) is 6.61 Å². The van der Waals surface area contributed by atoms with Crippen LogP contribution < -0.4 is 0 Å².